The first-order valence-electron chi connectivity index (χ1n) is 7.82. The summed E-state index contributed by atoms with van der Waals surface area (Å²) >= 11 is -2.06. The molecule has 1 N–H and O–H groups in total. The number of allylic oxidation sites excluding steroid dienone is 2. The summed E-state index contributed by atoms with van der Waals surface area (Å²) in [7, 11) is 1.31. The molecule has 0 aliphatic heterocycles. The van der Waals surface area contributed by atoms with Gasteiger partial charge in [-0.1, -0.05) is 19.1 Å². The Hall–Kier alpha value is -2.26. The van der Waals surface area contributed by atoms with Crippen LogP contribution in [-0.4, -0.2) is 22.1 Å². The summed E-state index contributed by atoms with van der Waals surface area (Å²) in [5.41, 5.74) is 1.92. The third kappa shape index (κ3) is 3.29. The third-order valence-electron chi connectivity index (χ3n) is 4.91. The molecule has 3 rings (SSSR count). The highest BCUT2D eigenvalue weighted by atomic mass is 32.2. The summed E-state index contributed by atoms with van der Waals surface area (Å²) in [4.78, 5) is 22.8. The predicted octanol–water partition coefficient (Wildman–Crippen LogP) is 2.13. The zero-order chi connectivity index (χ0) is 18.1. The third-order valence-corrected chi connectivity index (χ3v) is 5.79. The van der Waals surface area contributed by atoms with Crippen LogP contribution in [0.5, 0.6) is 5.75 Å². The summed E-state index contributed by atoms with van der Waals surface area (Å²) in [5.74, 6) is 0.305. The second kappa shape index (κ2) is 6.93. The normalized spacial score (nSPS) is 27.9. The van der Waals surface area contributed by atoms with Gasteiger partial charge in [-0.15, -0.1) is 0 Å². The van der Waals surface area contributed by atoms with Gasteiger partial charge in [0.05, 0.1) is 16.9 Å². The predicted molar refractivity (Wildman–Crippen MR) is 88.7 cm³/mol. The first kappa shape index (κ1) is 17.6. The van der Waals surface area contributed by atoms with Crippen molar-refractivity contribution in [1.82, 2.24) is 5.48 Å². The van der Waals surface area contributed by atoms with Crippen LogP contribution >= 0.6 is 0 Å². The van der Waals surface area contributed by atoms with Crippen molar-refractivity contribution in [2.24, 2.45) is 23.7 Å². The van der Waals surface area contributed by atoms with E-state index in [1.165, 1.54) is 19.2 Å². The molecule has 0 radical (unpaired) electrons. The number of rotatable bonds is 6. The number of hydroxylamine groups is 1. The smallest absolute Gasteiger partial charge is 0.312 e. The molecule has 5 unspecified atom stereocenters. The summed E-state index contributed by atoms with van der Waals surface area (Å²) < 4.78 is 22.0. The van der Waals surface area contributed by atoms with Crippen LogP contribution in [0, 0.1) is 33.8 Å². The Kier molecular flexibility index (Phi) is 4.87. The molecular weight excluding hydrogens is 348 g/mol. The van der Waals surface area contributed by atoms with E-state index in [4.69, 9.17) is 9.02 Å². The van der Waals surface area contributed by atoms with Gasteiger partial charge < -0.3 is 4.74 Å². The van der Waals surface area contributed by atoms with E-state index in [2.05, 4.69) is 11.6 Å². The van der Waals surface area contributed by atoms with Crippen LogP contribution in [0.25, 0.3) is 0 Å². The van der Waals surface area contributed by atoms with Crippen LogP contribution in [0.1, 0.15) is 13.3 Å². The number of ether oxygens (including phenoxy) is 1. The number of methoxy groups -OCH3 is 1. The molecule has 2 aliphatic carbocycles. The fourth-order valence-corrected chi connectivity index (χ4v) is 4.25. The van der Waals surface area contributed by atoms with Crippen molar-refractivity contribution in [2.45, 2.75) is 18.2 Å². The molecule has 2 bridgehead atoms. The van der Waals surface area contributed by atoms with Crippen LogP contribution in [-0.2, 0) is 20.2 Å². The van der Waals surface area contributed by atoms with Gasteiger partial charge in [0.15, 0.2) is 5.75 Å². The lowest BCUT2D eigenvalue weighted by Gasteiger charge is -2.23. The van der Waals surface area contributed by atoms with E-state index >= 15 is 0 Å². The lowest BCUT2D eigenvalue weighted by Crippen LogP contribution is -2.36. The Morgan fingerprint density at radius 1 is 1.36 bits per heavy atom. The van der Waals surface area contributed by atoms with Crippen LogP contribution < -0.4 is 10.2 Å². The molecule has 134 valence electrons. The molecule has 1 aromatic carbocycles. The largest absolute Gasteiger partial charge is 0.490 e. The Bertz CT molecular complexity index is 765. The number of nitrogens with one attached hydrogen (secondary N) is 1. The second-order valence-electron chi connectivity index (χ2n) is 6.21. The zero-order valence-electron chi connectivity index (χ0n) is 13.7. The minimum atomic E-state index is -2.06. The molecule has 25 heavy (non-hydrogen) atoms. The van der Waals surface area contributed by atoms with E-state index in [1.807, 2.05) is 13.0 Å². The van der Waals surface area contributed by atoms with Crippen LogP contribution in [0.15, 0.2) is 35.2 Å². The van der Waals surface area contributed by atoms with E-state index in [-0.39, 0.29) is 40.0 Å². The van der Waals surface area contributed by atoms with Gasteiger partial charge in [-0.05, 0) is 36.3 Å². The molecule has 2 aliphatic rings. The highest BCUT2D eigenvalue weighted by molar-refractivity contribution is 7.80. The van der Waals surface area contributed by atoms with Crippen molar-refractivity contribution in [3.63, 3.8) is 0 Å². The van der Waals surface area contributed by atoms with Crippen LogP contribution in [0.4, 0.5) is 5.69 Å². The zero-order valence-corrected chi connectivity index (χ0v) is 14.5. The highest BCUT2D eigenvalue weighted by Crippen LogP contribution is 2.47. The number of hydrogen-bond donors (Lipinski definition) is 1. The Labute approximate surface area is 147 Å². The molecule has 0 spiro atoms. The quantitative estimate of drug-likeness (QED) is 0.469. The minimum absolute atomic E-state index is 0.0531. The van der Waals surface area contributed by atoms with Gasteiger partial charge >= 0.3 is 5.69 Å². The summed E-state index contributed by atoms with van der Waals surface area (Å²) in [6, 6.07) is 3.82. The van der Waals surface area contributed by atoms with E-state index in [1.54, 1.807) is 0 Å². The maximum absolute atomic E-state index is 12.3. The molecule has 0 saturated heterocycles. The molecule has 1 saturated carbocycles. The van der Waals surface area contributed by atoms with Gasteiger partial charge in [0.25, 0.3) is 0 Å². The molecule has 1 amide bonds. The molecule has 9 heteroatoms. The Morgan fingerprint density at radius 2 is 2.08 bits per heavy atom. The number of amides is 1. The average Bonchev–Trinajstić information content (AvgIpc) is 3.19. The maximum atomic E-state index is 12.3. The fourth-order valence-electron chi connectivity index (χ4n) is 3.61. The number of nitro benzene ring substituents is 1. The Morgan fingerprint density at radius 3 is 2.68 bits per heavy atom. The summed E-state index contributed by atoms with van der Waals surface area (Å²) in [6.07, 6.45) is 5.13. The lowest BCUT2D eigenvalue weighted by molar-refractivity contribution is -0.386. The molecule has 5 atom stereocenters. The van der Waals surface area contributed by atoms with Gasteiger partial charge in [-0.25, -0.2) is 9.69 Å². The van der Waals surface area contributed by atoms with Crippen molar-refractivity contribution in [1.29, 1.82) is 0 Å². The van der Waals surface area contributed by atoms with Crippen LogP contribution in [0.2, 0.25) is 0 Å². The molecular formula is C16H18N2O6S. The molecule has 0 aromatic heterocycles. The standard InChI is InChI=1S/C16H18N2O6S/c1-9-10-3-4-11(7-10)15(9)16(19)17-24-25(22)12-5-6-14(23-2)13(8-12)18(20)21/h3-6,8-11,15H,7H2,1-2H3,(H,17,19). The number of benzene rings is 1. The van der Waals surface area contributed by atoms with Gasteiger partial charge in [-0.2, -0.15) is 4.28 Å². The van der Waals surface area contributed by atoms with Crippen molar-refractivity contribution in [2.75, 3.05) is 7.11 Å². The molecule has 0 heterocycles. The van der Waals surface area contributed by atoms with Crippen molar-refractivity contribution in [3.8, 4) is 5.75 Å². The SMILES string of the molecule is COc1ccc(S(=O)ONC(=O)C2C3C=CC(C3)C2C)cc1[N+](=O)[O-]. The highest BCUT2D eigenvalue weighted by Gasteiger charge is 2.45. The van der Waals surface area contributed by atoms with E-state index in [0.717, 1.165) is 12.5 Å². The number of carbonyl (C=O) groups excluding carboxylic acids is 1. The number of fused-ring (bicyclic) bond motifs is 2. The van der Waals surface area contributed by atoms with Crippen molar-refractivity contribution in [3.05, 3.63) is 40.5 Å². The first-order chi connectivity index (χ1) is 11.9. The number of nitrogens with zero attached hydrogens (tertiary/aromatic N) is 1. The number of nitro groups is 1. The van der Waals surface area contributed by atoms with Gasteiger partial charge in [0.1, 0.15) is 0 Å². The second-order valence-corrected chi connectivity index (χ2v) is 7.32. The maximum Gasteiger partial charge on any atom is 0.312 e. The summed E-state index contributed by atoms with van der Waals surface area (Å²) in [6.45, 7) is 2.02. The summed E-state index contributed by atoms with van der Waals surface area (Å²) in [5, 5.41) is 11.0. The first-order valence-corrected chi connectivity index (χ1v) is 8.89. The van der Waals surface area contributed by atoms with E-state index in [0.29, 0.717) is 5.92 Å². The molecule has 1 fully saturated rings. The average molecular weight is 366 g/mol. The fraction of sp³-hybridized carbons (Fsp3) is 0.438. The van der Waals surface area contributed by atoms with Gasteiger partial charge in [0.2, 0.25) is 17.0 Å². The molecule has 1 aromatic rings. The Balaban J connectivity index is 1.65. The van der Waals surface area contributed by atoms with Crippen molar-refractivity contribution >= 4 is 22.7 Å². The van der Waals surface area contributed by atoms with E-state index < -0.39 is 16.0 Å². The topological polar surface area (TPSA) is 108 Å². The number of hydrogen-bond acceptors (Lipinski definition) is 6. The van der Waals surface area contributed by atoms with Crippen LogP contribution in [0.3, 0.4) is 0 Å². The van der Waals surface area contributed by atoms with Gasteiger partial charge in [0, 0.05) is 12.0 Å². The molecule has 8 nitrogen and oxygen atoms in total. The lowest BCUT2D eigenvalue weighted by atomic mass is 9.84. The monoisotopic (exact) mass is 366 g/mol. The van der Waals surface area contributed by atoms with E-state index in [9.17, 15) is 19.1 Å². The van der Waals surface area contributed by atoms with Gasteiger partial charge in [-0.3, -0.25) is 14.9 Å². The number of carbonyl (C=O) groups is 1. The van der Waals surface area contributed by atoms with Crippen molar-refractivity contribution < 1.29 is 22.9 Å². The minimum Gasteiger partial charge on any atom is -0.490 e.